The number of allylic oxidation sites excluding steroid dienone is 2. The summed E-state index contributed by atoms with van der Waals surface area (Å²) in [6, 6.07) is 6.50. The lowest BCUT2D eigenvalue weighted by molar-refractivity contribution is -0.0857. The van der Waals surface area contributed by atoms with Crippen LogP contribution in [0.25, 0.3) is 0 Å². The minimum absolute atomic E-state index is 0.118. The molecule has 3 fully saturated rings. The molecule has 6 rings (SSSR count). The molecule has 2 saturated carbocycles. The van der Waals surface area contributed by atoms with Crippen LogP contribution in [0.15, 0.2) is 29.8 Å². The van der Waals surface area contributed by atoms with E-state index in [4.69, 9.17) is 0 Å². The molecular formula is C34H51NO3. The third-order valence-corrected chi connectivity index (χ3v) is 10.8. The predicted octanol–water partition coefficient (Wildman–Crippen LogP) is 6.97. The summed E-state index contributed by atoms with van der Waals surface area (Å²) < 4.78 is 0. The molecule has 4 nitrogen and oxygen atoms in total. The second kappa shape index (κ2) is 11.9. The lowest BCUT2D eigenvalue weighted by Crippen LogP contribution is -2.53. The molecule has 5 aliphatic rings. The van der Waals surface area contributed by atoms with Crippen molar-refractivity contribution >= 4 is 5.78 Å². The molecule has 2 N–H and O–H groups in total. The minimum atomic E-state index is -0.756. The van der Waals surface area contributed by atoms with Crippen molar-refractivity contribution in [2.24, 2.45) is 11.3 Å². The van der Waals surface area contributed by atoms with Gasteiger partial charge >= 0.3 is 0 Å². The van der Waals surface area contributed by atoms with E-state index in [0.29, 0.717) is 12.2 Å². The summed E-state index contributed by atoms with van der Waals surface area (Å²) in [5.41, 5.74) is 3.41. The number of ketones is 1. The molecule has 4 unspecified atom stereocenters. The molecule has 1 saturated heterocycles. The highest BCUT2D eigenvalue weighted by Crippen LogP contribution is 2.59. The predicted molar refractivity (Wildman–Crippen MR) is 155 cm³/mol. The Morgan fingerprint density at radius 1 is 1.00 bits per heavy atom. The van der Waals surface area contributed by atoms with Gasteiger partial charge in [-0.2, -0.15) is 0 Å². The van der Waals surface area contributed by atoms with Crippen molar-refractivity contribution in [2.45, 2.75) is 128 Å². The Labute approximate surface area is 230 Å². The van der Waals surface area contributed by atoms with Crippen LogP contribution in [0.2, 0.25) is 0 Å². The standard InChI is InChI=1S/C34H51NO3/c1-25-10-9-18-33(2)31(17-19-34(33,38)24-35-20-7-4-8-21-35)29-16-14-26(22-28(36)15-13-25)23-30(29)32(37)27-11-5-3-6-12-27/h10,14,16,23,27-28,31,36,38H,3-9,11-13,15,17-22,24H2,1-2H3. The van der Waals surface area contributed by atoms with Crippen molar-refractivity contribution in [2.75, 3.05) is 19.6 Å². The van der Waals surface area contributed by atoms with Gasteiger partial charge in [0, 0.05) is 23.4 Å². The van der Waals surface area contributed by atoms with Gasteiger partial charge < -0.3 is 15.1 Å². The average molecular weight is 522 g/mol. The fourth-order valence-corrected chi connectivity index (χ4v) is 8.29. The van der Waals surface area contributed by atoms with E-state index < -0.39 is 11.7 Å². The van der Waals surface area contributed by atoms with Crippen molar-refractivity contribution in [1.29, 1.82) is 0 Å². The molecule has 2 bridgehead atoms. The number of rotatable bonds is 4. The number of benzene rings is 1. The molecular weight excluding hydrogens is 470 g/mol. The SMILES string of the molecule is CC1=CCCC2(C)C(CCC2(O)CN2CCCCC2)c2ccc(cc2C(=O)C2CCCCC2)CC(O)CC1. The number of fused-ring (bicyclic) bond motifs is 8. The molecule has 0 radical (unpaired) electrons. The molecule has 4 heteroatoms. The number of carbonyl (C=O) groups excluding carboxylic acids is 1. The van der Waals surface area contributed by atoms with Gasteiger partial charge in [0.05, 0.1) is 11.7 Å². The average Bonchev–Trinajstić information content (AvgIpc) is 3.17. The van der Waals surface area contributed by atoms with Crippen LogP contribution in [0.1, 0.15) is 131 Å². The van der Waals surface area contributed by atoms with Gasteiger partial charge in [-0.15, -0.1) is 0 Å². The number of hydrogen-bond acceptors (Lipinski definition) is 4. The van der Waals surface area contributed by atoms with Gasteiger partial charge in [0.25, 0.3) is 0 Å². The summed E-state index contributed by atoms with van der Waals surface area (Å²) in [6.45, 7) is 7.44. The largest absolute Gasteiger partial charge is 0.393 e. The zero-order chi connectivity index (χ0) is 26.8. The van der Waals surface area contributed by atoms with Gasteiger partial charge in [0.15, 0.2) is 5.78 Å². The Morgan fingerprint density at radius 3 is 2.50 bits per heavy atom. The molecule has 1 aliphatic heterocycles. The first kappa shape index (κ1) is 28.1. The number of nitrogens with zero attached hydrogens (tertiary/aromatic N) is 1. The summed E-state index contributed by atoms with van der Waals surface area (Å²) in [5, 5.41) is 23.3. The third kappa shape index (κ3) is 5.83. The summed E-state index contributed by atoms with van der Waals surface area (Å²) in [7, 11) is 0. The van der Waals surface area contributed by atoms with Gasteiger partial charge in [-0.25, -0.2) is 0 Å². The van der Waals surface area contributed by atoms with E-state index >= 15 is 0 Å². The van der Waals surface area contributed by atoms with E-state index in [-0.39, 0.29) is 17.3 Å². The van der Waals surface area contributed by atoms with Crippen LogP contribution in [-0.2, 0) is 6.42 Å². The van der Waals surface area contributed by atoms with Gasteiger partial charge in [0.1, 0.15) is 0 Å². The highest BCUT2D eigenvalue weighted by atomic mass is 16.3. The maximum absolute atomic E-state index is 14.1. The van der Waals surface area contributed by atoms with Crippen LogP contribution in [0.5, 0.6) is 0 Å². The second-order valence-electron chi connectivity index (χ2n) is 13.5. The fraction of sp³-hybridized carbons (Fsp3) is 0.735. The topological polar surface area (TPSA) is 60.8 Å². The van der Waals surface area contributed by atoms with Crippen LogP contribution < -0.4 is 0 Å². The van der Waals surface area contributed by atoms with Crippen molar-refractivity contribution in [1.82, 2.24) is 4.90 Å². The van der Waals surface area contributed by atoms with Crippen LogP contribution in [0, 0.1) is 11.3 Å². The maximum Gasteiger partial charge on any atom is 0.166 e. The van der Waals surface area contributed by atoms with Gasteiger partial charge in [-0.3, -0.25) is 4.79 Å². The van der Waals surface area contributed by atoms with Gasteiger partial charge in [-0.1, -0.05) is 56.4 Å². The Morgan fingerprint density at radius 2 is 1.74 bits per heavy atom. The number of aliphatic hydroxyl groups is 2. The molecule has 1 aromatic rings. The molecule has 0 amide bonds. The third-order valence-electron chi connectivity index (χ3n) is 10.8. The van der Waals surface area contributed by atoms with Gasteiger partial charge in [-0.05, 0) is 114 Å². The summed E-state index contributed by atoms with van der Waals surface area (Å²) in [6.07, 6.45) is 17.0. The summed E-state index contributed by atoms with van der Waals surface area (Å²) >= 11 is 0. The Kier molecular flexibility index (Phi) is 8.82. The lowest BCUT2D eigenvalue weighted by atomic mass is 9.64. The van der Waals surface area contributed by atoms with Crippen molar-refractivity contribution in [3.8, 4) is 0 Å². The van der Waals surface area contributed by atoms with E-state index in [1.807, 2.05) is 0 Å². The quantitative estimate of drug-likeness (QED) is 0.332. The maximum atomic E-state index is 14.1. The number of carbonyl (C=O) groups is 1. The summed E-state index contributed by atoms with van der Waals surface area (Å²) in [5.74, 6) is 0.593. The number of piperidine rings is 1. The van der Waals surface area contributed by atoms with E-state index in [0.717, 1.165) is 101 Å². The van der Waals surface area contributed by atoms with E-state index in [2.05, 4.69) is 43.0 Å². The summed E-state index contributed by atoms with van der Waals surface area (Å²) in [4.78, 5) is 16.6. The molecule has 4 aliphatic carbocycles. The van der Waals surface area contributed by atoms with Crippen LogP contribution in [0.3, 0.4) is 0 Å². The smallest absolute Gasteiger partial charge is 0.166 e. The molecule has 210 valence electrons. The van der Waals surface area contributed by atoms with Crippen molar-refractivity contribution < 1.29 is 15.0 Å². The molecule has 0 aromatic heterocycles. The van der Waals surface area contributed by atoms with E-state index in [1.165, 1.54) is 31.3 Å². The Bertz CT molecular complexity index is 1000. The molecule has 1 aromatic carbocycles. The first-order valence-corrected chi connectivity index (χ1v) is 15.7. The number of hydrogen-bond donors (Lipinski definition) is 2. The monoisotopic (exact) mass is 521 g/mol. The fourth-order valence-electron chi connectivity index (χ4n) is 8.29. The van der Waals surface area contributed by atoms with Crippen LogP contribution >= 0.6 is 0 Å². The second-order valence-corrected chi connectivity index (χ2v) is 13.5. The Balaban J connectivity index is 1.55. The minimum Gasteiger partial charge on any atom is -0.393 e. The number of aliphatic hydroxyl groups excluding tert-OH is 1. The Hall–Kier alpha value is -1.49. The van der Waals surface area contributed by atoms with Crippen molar-refractivity contribution in [3.05, 3.63) is 46.5 Å². The number of likely N-dealkylation sites (tertiary alicyclic amines) is 1. The molecule has 4 atom stereocenters. The van der Waals surface area contributed by atoms with E-state index in [1.54, 1.807) is 0 Å². The number of Topliss-reactive ketones (excluding diaryl/α,β-unsaturated/α-hetero) is 1. The normalized spacial score (nSPS) is 33.9. The van der Waals surface area contributed by atoms with E-state index in [9.17, 15) is 15.0 Å². The highest BCUT2D eigenvalue weighted by Gasteiger charge is 2.57. The van der Waals surface area contributed by atoms with Crippen molar-refractivity contribution in [3.63, 3.8) is 0 Å². The molecule has 1 heterocycles. The first-order valence-electron chi connectivity index (χ1n) is 15.7. The zero-order valence-corrected chi connectivity index (χ0v) is 24.0. The lowest BCUT2D eigenvalue weighted by Gasteiger charge is -2.47. The zero-order valence-electron chi connectivity index (χ0n) is 24.0. The molecule has 0 spiro atoms. The molecule has 38 heavy (non-hydrogen) atoms. The van der Waals surface area contributed by atoms with Crippen LogP contribution in [0.4, 0.5) is 0 Å². The number of β-amino-alcohol motifs (C(OH)–C–C–N with tert-alkyl or cyclic N) is 1. The van der Waals surface area contributed by atoms with Gasteiger partial charge in [0.2, 0.25) is 0 Å². The first-order chi connectivity index (χ1) is 18.3. The highest BCUT2D eigenvalue weighted by molar-refractivity contribution is 5.99. The van der Waals surface area contributed by atoms with Crippen LogP contribution in [-0.4, -0.2) is 52.2 Å².